The molecule has 0 aliphatic carbocycles. The molecule has 1 unspecified atom stereocenters. The molecule has 1 aromatic heterocycles. The Morgan fingerprint density at radius 3 is 3.00 bits per heavy atom. The van der Waals surface area contributed by atoms with Gasteiger partial charge in [-0.2, -0.15) is 0 Å². The lowest BCUT2D eigenvalue weighted by molar-refractivity contribution is -0.126. The van der Waals surface area contributed by atoms with Gasteiger partial charge < -0.3 is 15.2 Å². The second-order valence-electron chi connectivity index (χ2n) is 5.87. The van der Waals surface area contributed by atoms with Gasteiger partial charge in [0.2, 0.25) is 11.8 Å². The maximum Gasteiger partial charge on any atom is 0.228 e. The highest BCUT2D eigenvalue weighted by molar-refractivity contribution is 6.01. The summed E-state index contributed by atoms with van der Waals surface area (Å²) in [6.07, 6.45) is 5.34. The van der Waals surface area contributed by atoms with Crippen molar-refractivity contribution in [3.05, 3.63) is 53.9 Å². The van der Waals surface area contributed by atoms with Gasteiger partial charge in [0.25, 0.3) is 0 Å². The maximum atomic E-state index is 12.5. The lowest BCUT2D eigenvalue weighted by Crippen LogP contribution is -2.34. The van der Waals surface area contributed by atoms with Gasteiger partial charge in [0.15, 0.2) is 0 Å². The summed E-state index contributed by atoms with van der Waals surface area (Å²) in [5, 5.41) is 5.77. The number of carbonyl (C=O) groups is 2. The molecular weight excluding hydrogens is 290 g/mol. The number of hydrogen-bond acceptors (Lipinski definition) is 2. The lowest BCUT2D eigenvalue weighted by atomic mass is 9.90. The number of carbonyl (C=O) groups excluding carboxylic acids is 2. The van der Waals surface area contributed by atoms with Crippen molar-refractivity contribution in [3.63, 3.8) is 0 Å². The number of amides is 2. The minimum absolute atomic E-state index is 0.101. The van der Waals surface area contributed by atoms with Gasteiger partial charge in [-0.1, -0.05) is 25.1 Å². The van der Waals surface area contributed by atoms with Crippen LogP contribution in [0.5, 0.6) is 0 Å². The van der Waals surface area contributed by atoms with Crippen molar-refractivity contribution in [2.24, 2.45) is 0 Å². The van der Waals surface area contributed by atoms with Crippen LogP contribution in [0.4, 0.5) is 5.69 Å². The first-order valence-electron chi connectivity index (χ1n) is 7.98. The zero-order valence-electron chi connectivity index (χ0n) is 13.2. The Morgan fingerprint density at radius 2 is 2.17 bits per heavy atom. The molecule has 1 aliphatic rings. The van der Waals surface area contributed by atoms with E-state index in [1.807, 2.05) is 42.7 Å². The number of fused-ring (bicyclic) bond motifs is 1. The Hall–Kier alpha value is -2.56. The molecule has 1 aromatic carbocycles. The van der Waals surface area contributed by atoms with E-state index in [9.17, 15) is 9.59 Å². The van der Waals surface area contributed by atoms with Crippen LogP contribution >= 0.6 is 0 Å². The van der Waals surface area contributed by atoms with E-state index in [1.165, 1.54) is 0 Å². The number of nitrogens with zero attached hydrogens (tertiary/aromatic N) is 1. The van der Waals surface area contributed by atoms with Crippen LogP contribution in [0.15, 0.2) is 42.7 Å². The smallest absolute Gasteiger partial charge is 0.228 e. The molecule has 0 fully saturated rings. The van der Waals surface area contributed by atoms with E-state index in [-0.39, 0.29) is 18.2 Å². The van der Waals surface area contributed by atoms with Gasteiger partial charge in [-0.05, 0) is 29.7 Å². The molecule has 2 amide bonds. The normalized spacial score (nSPS) is 16.6. The first-order chi connectivity index (χ1) is 11.2. The molecule has 5 heteroatoms. The number of hydrogen-bond donors (Lipinski definition) is 2. The highest BCUT2D eigenvalue weighted by Crippen LogP contribution is 2.31. The number of aryl methyl sites for hydroxylation is 1. The molecular formula is C18H21N3O2. The zero-order chi connectivity index (χ0) is 16.2. The molecule has 23 heavy (non-hydrogen) atoms. The Kier molecular flexibility index (Phi) is 4.46. The Labute approximate surface area is 135 Å². The number of aromatic nitrogens is 1. The summed E-state index contributed by atoms with van der Waals surface area (Å²) < 4.78 is 2.12. The van der Waals surface area contributed by atoms with Crippen molar-refractivity contribution >= 4 is 17.5 Å². The van der Waals surface area contributed by atoms with Gasteiger partial charge in [-0.15, -0.1) is 0 Å². The molecule has 120 valence electrons. The first kappa shape index (κ1) is 15.3. The molecule has 2 heterocycles. The average Bonchev–Trinajstić information content (AvgIpc) is 3.00. The first-order valence-corrected chi connectivity index (χ1v) is 7.98. The third kappa shape index (κ3) is 3.44. The van der Waals surface area contributed by atoms with Crippen LogP contribution in [0, 0.1) is 0 Å². The third-order valence-electron chi connectivity index (χ3n) is 4.08. The van der Waals surface area contributed by atoms with Crippen LogP contribution in [-0.2, 0) is 22.7 Å². The highest BCUT2D eigenvalue weighted by atomic mass is 16.2. The van der Waals surface area contributed by atoms with Crippen molar-refractivity contribution in [1.29, 1.82) is 0 Å². The fraction of sp³-hybridized carbons (Fsp3) is 0.333. The number of benzene rings is 1. The molecule has 0 saturated carbocycles. The van der Waals surface area contributed by atoms with E-state index in [4.69, 9.17) is 0 Å². The summed E-state index contributed by atoms with van der Waals surface area (Å²) in [6.45, 7) is 3.59. The molecule has 1 aliphatic heterocycles. The van der Waals surface area contributed by atoms with E-state index in [0.717, 1.165) is 29.8 Å². The fourth-order valence-corrected chi connectivity index (χ4v) is 2.95. The van der Waals surface area contributed by atoms with Gasteiger partial charge >= 0.3 is 0 Å². The molecule has 2 aromatic rings. The largest absolute Gasteiger partial charge is 0.354 e. The SMILES string of the molecule is CCCn1ccc(CNC(=O)C2CC(=O)Nc3ccccc32)c1. The predicted molar refractivity (Wildman–Crippen MR) is 89.0 cm³/mol. The van der Waals surface area contributed by atoms with E-state index < -0.39 is 5.92 Å². The number of para-hydroxylation sites is 1. The number of nitrogens with one attached hydrogen (secondary N) is 2. The minimum atomic E-state index is -0.419. The van der Waals surface area contributed by atoms with Crippen LogP contribution in [0.2, 0.25) is 0 Å². The van der Waals surface area contributed by atoms with E-state index in [0.29, 0.717) is 6.54 Å². The molecule has 3 rings (SSSR count). The summed E-state index contributed by atoms with van der Waals surface area (Å²) in [4.78, 5) is 24.3. The monoisotopic (exact) mass is 311 g/mol. The second-order valence-corrected chi connectivity index (χ2v) is 5.87. The van der Waals surface area contributed by atoms with Crippen LogP contribution < -0.4 is 10.6 Å². The summed E-state index contributed by atoms with van der Waals surface area (Å²) in [7, 11) is 0. The fourth-order valence-electron chi connectivity index (χ4n) is 2.95. The quantitative estimate of drug-likeness (QED) is 0.891. The Balaban J connectivity index is 1.67. The lowest BCUT2D eigenvalue weighted by Gasteiger charge is -2.24. The molecule has 2 N–H and O–H groups in total. The standard InChI is InChI=1S/C18H21N3O2/c1-2-8-21-9-7-13(12-21)11-19-18(23)15-10-17(22)20-16-6-4-3-5-14(15)16/h3-7,9,12,15H,2,8,10-11H2,1H3,(H,19,23)(H,20,22). The second kappa shape index (κ2) is 6.69. The van der Waals surface area contributed by atoms with Crippen molar-refractivity contribution in [3.8, 4) is 0 Å². The van der Waals surface area contributed by atoms with Crippen molar-refractivity contribution < 1.29 is 9.59 Å². The van der Waals surface area contributed by atoms with Gasteiger partial charge in [-0.25, -0.2) is 0 Å². The number of anilines is 1. The van der Waals surface area contributed by atoms with Crippen LogP contribution in [0.3, 0.4) is 0 Å². The van der Waals surface area contributed by atoms with Crippen molar-refractivity contribution in [2.75, 3.05) is 5.32 Å². The van der Waals surface area contributed by atoms with E-state index >= 15 is 0 Å². The zero-order valence-corrected chi connectivity index (χ0v) is 13.2. The molecule has 5 nitrogen and oxygen atoms in total. The summed E-state index contributed by atoms with van der Waals surface area (Å²) >= 11 is 0. The van der Waals surface area contributed by atoms with Gasteiger partial charge in [0, 0.05) is 37.6 Å². The molecule has 1 atom stereocenters. The summed E-state index contributed by atoms with van der Waals surface area (Å²) in [6, 6.07) is 9.49. The van der Waals surface area contributed by atoms with Crippen LogP contribution in [0.1, 0.15) is 36.8 Å². The van der Waals surface area contributed by atoms with Crippen molar-refractivity contribution in [2.45, 2.75) is 38.8 Å². The predicted octanol–water partition coefficient (Wildman–Crippen LogP) is 2.64. The van der Waals surface area contributed by atoms with Gasteiger partial charge in [0.05, 0.1) is 5.92 Å². The van der Waals surface area contributed by atoms with E-state index in [2.05, 4.69) is 22.1 Å². The van der Waals surface area contributed by atoms with E-state index in [1.54, 1.807) is 0 Å². The highest BCUT2D eigenvalue weighted by Gasteiger charge is 2.30. The topological polar surface area (TPSA) is 63.1 Å². The molecule has 0 spiro atoms. The van der Waals surface area contributed by atoms with Crippen LogP contribution in [0.25, 0.3) is 0 Å². The third-order valence-corrected chi connectivity index (χ3v) is 4.08. The summed E-state index contributed by atoms with van der Waals surface area (Å²) in [5.74, 6) is -0.633. The maximum absolute atomic E-state index is 12.5. The van der Waals surface area contributed by atoms with Gasteiger partial charge in [-0.3, -0.25) is 9.59 Å². The van der Waals surface area contributed by atoms with Gasteiger partial charge in [0.1, 0.15) is 0 Å². The minimum Gasteiger partial charge on any atom is -0.354 e. The van der Waals surface area contributed by atoms with Crippen LogP contribution in [-0.4, -0.2) is 16.4 Å². The molecule has 0 saturated heterocycles. The number of rotatable bonds is 5. The average molecular weight is 311 g/mol. The summed E-state index contributed by atoms with van der Waals surface area (Å²) in [5.41, 5.74) is 2.69. The van der Waals surface area contributed by atoms with Crippen molar-refractivity contribution in [1.82, 2.24) is 9.88 Å². The molecule has 0 bridgehead atoms. The Bertz CT molecular complexity index is 721. The molecule has 0 radical (unpaired) electrons. The Morgan fingerprint density at radius 1 is 1.35 bits per heavy atom.